The van der Waals surface area contributed by atoms with Crippen LogP contribution in [0, 0.1) is 13.8 Å². The van der Waals surface area contributed by atoms with Gasteiger partial charge in [-0.3, -0.25) is 4.72 Å². The number of nitrogens with zero attached hydrogens (tertiary/aromatic N) is 2. The highest BCUT2D eigenvalue weighted by Gasteiger charge is 2.15. The first-order valence-electron chi connectivity index (χ1n) is 5.47. The fourth-order valence-corrected chi connectivity index (χ4v) is 2.84. The Bertz CT molecular complexity index is 679. The number of aromatic nitrogens is 2. The number of rotatable bonds is 3. The molecule has 2 rings (SSSR count). The van der Waals surface area contributed by atoms with Gasteiger partial charge in [0.1, 0.15) is 11.6 Å². The first-order chi connectivity index (χ1) is 8.87. The molecule has 0 amide bonds. The van der Waals surface area contributed by atoms with Gasteiger partial charge < -0.3 is 0 Å². The molecular formula is C12H12BrN3O2S. The van der Waals surface area contributed by atoms with Crippen LogP contribution < -0.4 is 4.72 Å². The molecule has 0 saturated carbocycles. The second kappa shape index (κ2) is 5.26. The molecule has 7 heteroatoms. The zero-order valence-electron chi connectivity index (χ0n) is 10.4. The predicted octanol–water partition coefficient (Wildman–Crippen LogP) is 2.66. The van der Waals surface area contributed by atoms with E-state index in [1.165, 1.54) is 12.1 Å². The van der Waals surface area contributed by atoms with Gasteiger partial charge in [0.25, 0.3) is 10.0 Å². The van der Waals surface area contributed by atoms with Crippen LogP contribution in [0.4, 0.5) is 5.82 Å². The average molecular weight is 342 g/mol. The smallest absolute Gasteiger partial charge is 0.263 e. The molecule has 0 aliphatic carbocycles. The molecule has 100 valence electrons. The van der Waals surface area contributed by atoms with Crippen molar-refractivity contribution in [2.75, 3.05) is 4.72 Å². The lowest BCUT2D eigenvalue weighted by molar-refractivity contribution is 0.601. The Morgan fingerprint density at radius 3 is 2.32 bits per heavy atom. The van der Waals surface area contributed by atoms with Crippen LogP contribution >= 0.6 is 15.9 Å². The minimum atomic E-state index is -3.62. The SMILES string of the molecule is Cc1cc(NS(=O)(=O)c2ccc(Br)cc2)nc(C)n1. The van der Waals surface area contributed by atoms with Crippen LogP contribution in [0.1, 0.15) is 11.5 Å². The Kier molecular flexibility index (Phi) is 3.86. The van der Waals surface area contributed by atoms with Crippen LogP contribution in [0.2, 0.25) is 0 Å². The summed E-state index contributed by atoms with van der Waals surface area (Å²) in [6.07, 6.45) is 0. The van der Waals surface area contributed by atoms with Crippen LogP contribution in [-0.2, 0) is 10.0 Å². The van der Waals surface area contributed by atoms with Crippen molar-refractivity contribution in [2.24, 2.45) is 0 Å². The molecule has 0 radical (unpaired) electrons. The first kappa shape index (κ1) is 14.0. The summed E-state index contributed by atoms with van der Waals surface area (Å²) in [4.78, 5) is 8.33. The van der Waals surface area contributed by atoms with Gasteiger partial charge in [-0.25, -0.2) is 18.4 Å². The van der Waals surface area contributed by atoms with Crippen molar-refractivity contribution in [2.45, 2.75) is 18.7 Å². The zero-order chi connectivity index (χ0) is 14.0. The second-order valence-corrected chi connectivity index (χ2v) is 6.60. The fraction of sp³-hybridized carbons (Fsp3) is 0.167. The maximum atomic E-state index is 12.1. The maximum Gasteiger partial charge on any atom is 0.263 e. The Labute approximate surface area is 120 Å². The third kappa shape index (κ3) is 3.51. The number of halogens is 1. The van der Waals surface area contributed by atoms with E-state index in [2.05, 4.69) is 30.6 Å². The molecule has 1 aromatic carbocycles. The molecule has 0 spiro atoms. The lowest BCUT2D eigenvalue weighted by Crippen LogP contribution is -2.14. The van der Waals surface area contributed by atoms with Gasteiger partial charge in [0.2, 0.25) is 0 Å². The van der Waals surface area contributed by atoms with Crippen molar-refractivity contribution in [1.29, 1.82) is 0 Å². The van der Waals surface area contributed by atoms with Gasteiger partial charge in [0, 0.05) is 16.2 Å². The Morgan fingerprint density at radius 2 is 1.74 bits per heavy atom. The lowest BCUT2D eigenvalue weighted by Gasteiger charge is -2.08. The van der Waals surface area contributed by atoms with Crippen LogP contribution in [0.3, 0.4) is 0 Å². The van der Waals surface area contributed by atoms with Crippen LogP contribution in [0.15, 0.2) is 39.7 Å². The van der Waals surface area contributed by atoms with E-state index >= 15 is 0 Å². The van der Waals surface area contributed by atoms with Crippen molar-refractivity contribution >= 4 is 31.8 Å². The molecular weight excluding hydrogens is 330 g/mol. The minimum absolute atomic E-state index is 0.185. The molecule has 1 aromatic heterocycles. The summed E-state index contributed by atoms with van der Waals surface area (Å²) in [5, 5.41) is 0. The van der Waals surface area contributed by atoms with Crippen LogP contribution in [0.5, 0.6) is 0 Å². The third-order valence-electron chi connectivity index (χ3n) is 2.33. The summed E-state index contributed by atoms with van der Waals surface area (Å²) >= 11 is 3.26. The van der Waals surface area contributed by atoms with Crippen LogP contribution in [0.25, 0.3) is 0 Å². The normalized spacial score (nSPS) is 11.3. The molecule has 19 heavy (non-hydrogen) atoms. The topological polar surface area (TPSA) is 72.0 Å². The van der Waals surface area contributed by atoms with E-state index in [1.807, 2.05) is 0 Å². The molecule has 0 unspecified atom stereocenters. The fourth-order valence-electron chi connectivity index (χ4n) is 1.58. The number of benzene rings is 1. The molecule has 0 atom stereocenters. The van der Waals surface area contributed by atoms with Crippen molar-refractivity contribution in [3.05, 3.63) is 46.3 Å². The average Bonchev–Trinajstić information content (AvgIpc) is 2.27. The van der Waals surface area contributed by atoms with Gasteiger partial charge in [-0.2, -0.15) is 0 Å². The van der Waals surface area contributed by atoms with Gasteiger partial charge in [0.15, 0.2) is 0 Å². The largest absolute Gasteiger partial charge is 0.263 e. The highest BCUT2D eigenvalue weighted by atomic mass is 79.9. The summed E-state index contributed by atoms with van der Waals surface area (Å²) in [7, 11) is -3.62. The summed E-state index contributed by atoms with van der Waals surface area (Å²) in [6.45, 7) is 3.50. The number of nitrogens with one attached hydrogen (secondary N) is 1. The maximum absolute atomic E-state index is 12.1. The van der Waals surface area contributed by atoms with Gasteiger partial charge in [-0.1, -0.05) is 15.9 Å². The molecule has 0 aliphatic rings. The second-order valence-electron chi connectivity index (χ2n) is 4.00. The van der Waals surface area contributed by atoms with E-state index in [1.54, 1.807) is 32.0 Å². The van der Waals surface area contributed by atoms with E-state index in [4.69, 9.17) is 0 Å². The minimum Gasteiger partial charge on any atom is -0.263 e. The lowest BCUT2D eigenvalue weighted by atomic mass is 10.4. The molecule has 0 fully saturated rings. The number of aryl methyl sites for hydroxylation is 2. The first-order valence-corrected chi connectivity index (χ1v) is 7.75. The molecule has 2 aromatic rings. The van der Waals surface area contributed by atoms with E-state index in [9.17, 15) is 8.42 Å². The molecule has 0 bridgehead atoms. The van der Waals surface area contributed by atoms with E-state index < -0.39 is 10.0 Å². The highest BCUT2D eigenvalue weighted by Crippen LogP contribution is 2.17. The van der Waals surface area contributed by atoms with Crippen molar-refractivity contribution in [3.8, 4) is 0 Å². The van der Waals surface area contributed by atoms with Crippen molar-refractivity contribution in [1.82, 2.24) is 9.97 Å². The summed E-state index contributed by atoms with van der Waals surface area (Å²) < 4.78 is 27.6. The predicted molar refractivity (Wildman–Crippen MR) is 76.5 cm³/mol. The monoisotopic (exact) mass is 341 g/mol. The van der Waals surface area contributed by atoms with Gasteiger partial charge >= 0.3 is 0 Å². The van der Waals surface area contributed by atoms with Gasteiger partial charge in [-0.05, 0) is 38.1 Å². The summed E-state index contributed by atoms with van der Waals surface area (Å²) in [5.74, 6) is 0.793. The summed E-state index contributed by atoms with van der Waals surface area (Å²) in [5.41, 5.74) is 0.709. The zero-order valence-corrected chi connectivity index (χ0v) is 12.8. The number of sulfonamides is 1. The van der Waals surface area contributed by atoms with E-state index in [0.29, 0.717) is 11.5 Å². The molecule has 1 heterocycles. The van der Waals surface area contributed by atoms with Crippen LogP contribution in [-0.4, -0.2) is 18.4 Å². The standard InChI is InChI=1S/C12H12BrN3O2S/c1-8-7-12(15-9(2)14-8)16-19(17,18)11-5-3-10(13)4-6-11/h3-7H,1-2H3,(H,14,15,16). The molecule has 0 saturated heterocycles. The molecule has 0 aliphatic heterocycles. The Balaban J connectivity index is 2.33. The number of hydrogen-bond acceptors (Lipinski definition) is 4. The number of hydrogen-bond donors (Lipinski definition) is 1. The van der Waals surface area contributed by atoms with Crippen molar-refractivity contribution in [3.63, 3.8) is 0 Å². The highest BCUT2D eigenvalue weighted by molar-refractivity contribution is 9.10. The molecule has 1 N–H and O–H groups in total. The number of anilines is 1. The third-order valence-corrected chi connectivity index (χ3v) is 4.23. The Hall–Kier alpha value is -1.47. The van der Waals surface area contributed by atoms with Crippen molar-refractivity contribution < 1.29 is 8.42 Å². The summed E-state index contributed by atoms with van der Waals surface area (Å²) in [6, 6.07) is 7.97. The van der Waals surface area contributed by atoms with E-state index in [-0.39, 0.29) is 10.7 Å². The van der Waals surface area contributed by atoms with Gasteiger partial charge in [0.05, 0.1) is 4.90 Å². The Morgan fingerprint density at radius 1 is 1.11 bits per heavy atom. The molecule has 5 nitrogen and oxygen atoms in total. The quantitative estimate of drug-likeness (QED) is 0.931. The van der Waals surface area contributed by atoms with E-state index in [0.717, 1.165) is 4.47 Å². The van der Waals surface area contributed by atoms with Gasteiger partial charge in [-0.15, -0.1) is 0 Å².